The number of pyridine rings is 1. The number of H-pyrrole nitrogens is 1. The average molecular weight is 512 g/mol. The molecule has 9 nitrogen and oxygen atoms in total. The summed E-state index contributed by atoms with van der Waals surface area (Å²) in [4.78, 5) is 12.1. The van der Waals surface area contributed by atoms with E-state index in [-0.39, 0.29) is 35.3 Å². The molecule has 2 aliphatic rings. The van der Waals surface area contributed by atoms with Crippen molar-refractivity contribution >= 4 is 51.8 Å². The molecule has 2 saturated heterocycles. The number of rotatable bonds is 7. The van der Waals surface area contributed by atoms with E-state index in [0.717, 1.165) is 22.2 Å². The predicted molar refractivity (Wildman–Crippen MR) is 132 cm³/mol. The van der Waals surface area contributed by atoms with E-state index in [2.05, 4.69) is 15.0 Å². The fourth-order valence-corrected chi connectivity index (χ4v) is 5.12. The van der Waals surface area contributed by atoms with Gasteiger partial charge in [-0.1, -0.05) is 6.07 Å². The van der Waals surface area contributed by atoms with E-state index in [4.69, 9.17) is 23.7 Å². The van der Waals surface area contributed by atoms with Crippen LogP contribution in [0.3, 0.4) is 0 Å². The quantitative estimate of drug-likeness (QED) is 0.381. The number of benzene rings is 1. The van der Waals surface area contributed by atoms with Crippen molar-refractivity contribution in [1.82, 2.24) is 15.0 Å². The fourth-order valence-electron chi connectivity index (χ4n) is 4.02. The first-order valence-electron chi connectivity index (χ1n) is 11.3. The van der Waals surface area contributed by atoms with Crippen molar-refractivity contribution in [3.05, 3.63) is 47.3 Å². The van der Waals surface area contributed by atoms with Crippen LogP contribution in [0.4, 0.5) is 0 Å². The molecule has 2 aliphatic heterocycles. The Bertz CT molecular complexity index is 1160. The Labute approximate surface area is 229 Å². The minimum atomic E-state index is -1.36. The van der Waals surface area contributed by atoms with Gasteiger partial charge in [0.25, 0.3) is 0 Å². The van der Waals surface area contributed by atoms with Crippen molar-refractivity contribution in [3.63, 3.8) is 0 Å². The molecular weight excluding hydrogens is 481 g/mol. The van der Waals surface area contributed by atoms with Gasteiger partial charge in [-0.2, -0.15) is 4.98 Å². The van der Waals surface area contributed by atoms with Gasteiger partial charge < -0.3 is 28.2 Å². The summed E-state index contributed by atoms with van der Waals surface area (Å²) in [6.45, 7) is 7.97. The van der Waals surface area contributed by atoms with Crippen LogP contribution in [-0.4, -0.2) is 93.7 Å². The first-order chi connectivity index (χ1) is 16.3. The number of hydrogen-bond donors (Lipinski definition) is 1. The van der Waals surface area contributed by atoms with Crippen molar-refractivity contribution in [1.29, 1.82) is 0 Å². The van der Waals surface area contributed by atoms with Gasteiger partial charge in [-0.15, -0.1) is 0 Å². The summed E-state index contributed by atoms with van der Waals surface area (Å²) in [5.74, 6) is -0.606. The summed E-state index contributed by atoms with van der Waals surface area (Å²) >= 11 is -1.36. The molecule has 3 aromatic rings. The van der Waals surface area contributed by atoms with Crippen LogP contribution in [0.5, 0.6) is 5.75 Å². The Morgan fingerprint density at radius 2 is 1.86 bits per heavy atom. The second kappa shape index (κ2) is 11.0. The van der Waals surface area contributed by atoms with Gasteiger partial charge in [0.15, 0.2) is 11.5 Å². The van der Waals surface area contributed by atoms with Crippen LogP contribution in [0, 0.1) is 13.8 Å². The molecule has 0 saturated carbocycles. The molecule has 2 aromatic heterocycles. The Morgan fingerprint density at radius 3 is 2.60 bits per heavy atom. The Hall–Kier alpha value is -1.21. The van der Waals surface area contributed by atoms with Crippen LogP contribution in [0.25, 0.3) is 11.0 Å². The van der Waals surface area contributed by atoms with E-state index in [1.807, 2.05) is 45.0 Å². The van der Waals surface area contributed by atoms with Gasteiger partial charge in [-0.3, -0.25) is 9.97 Å². The van der Waals surface area contributed by atoms with E-state index in [1.165, 1.54) is 0 Å². The molecule has 5 rings (SSSR count). The standard InChI is InChI=1S/C24H29N3O6S.Na.H/c1-16-4-5-18-19(12-16)27-22(26-18)34(28)13-20-17(2)21(6-8-25-20)29-9-7-23(3)32-14-24(15-33-23)30-10-11-31-24;;/h4-6,8,12H,7,9-11,13-15H2,1-3H3,(H,26,27);;. The molecule has 1 atom stereocenters. The van der Waals surface area contributed by atoms with Gasteiger partial charge in [0.1, 0.15) is 19.0 Å². The summed E-state index contributed by atoms with van der Waals surface area (Å²) in [5, 5.41) is 0.445. The van der Waals surface area contributed by atoms with Crippen molar-refractivity contribution in [3.8, 4) is 5.75 Å². The molecule has 1 spiro atoms. The van der Waals surface area contributed by atoms with Gasteiger partial charge >= 0.3 is 34.7 Å². The molecule has 11 heteroatoms. The number of aromatic amines is 1. The third-order valence-electron chi connectivity index (χ3n) is 6.18. The second-order valence-corrected chi connectivity index (χ2v) is 10.2. The number of nitrogens with zero attached hydrogens (tertiary/aromatic N) is 2. The van der Waals surface area contributed by atoms with E-state index >= 15 is 0 Å². The molecule has 4 heterocycles. The van der Waals surface area contributed by atoms with E-state index < -0.39 is 22.8 Å². The molecule has 0 radical (unpaired) electrons. The zero-order valence-electron chi connectivity index (χ0n) is 19.6. The first kappa shape index (κ1) is 26.8. The van der Waals surface area contributed by atoms with Crippen molar-refractivity contribution in [2.45, 2.75) is 49.7 Å². The minimum absolute atomic E-state index is 0. The summed E-state index contributed by atoms with van der Waals surface area (Å²) in [7, 11) is 0. The van der Waals surface area contributed by atoms with Crippen molar-refractivity contribution in [2.75, 3.05) is 33.0 Å². The fraction of sp³-hybridized carbons (Fsp3) is 0.500. The molecule has 1 unspecified atom stereocenters. The third kappa shape index (κ3) is 6.03. The van der Waals surface area contributed by atoms with Crippen LogP contribution in [-0.2, 0) is 35.9 Å². The van der Waals surface area contributed by atoms with Gasteiger partial charge in [0, 0.05) is 29.4 Å². The van der Waals surface area contributed by atoms with Gasteiger partial charge in [-0.25, -0.2) is 0 Å². The molecule has 184 valence electrons. The van der Waals surface area contributed by atoms with Gasteiger partial charge in [0.05, 0.1) is 36.5 Å². The molecule has 1 N–H and O–H groups in total. The van der Waals surface area contributed by atoms with Gasteiger partial charge in [-0.05, 0) is 44.5 Å². The van der Waals surface area contributed by atoms with Crippen molar-refractivity contribution < 1.29 is 28.2 Å². The number of aromatic nitrogens is 3. The number of hydrogen-bond acceptors (Lipinski definition) is 8. The molecule has 35 heavy (non-hydrogen) atoms. The van der Waals surface area contributed by atoms with Crippen LogP contribution in [0.1, 0.15) is 30.2 Å². The number of ether oxygens (including phenoxy) is 5. The summed E-state index contributed by atoms with van der Waals surface area (Å²) < 4.78 is 42.1. The second-order valence-electron chi connectivity index (χ2n) is 8.85. The van der Waals surface area contributed by atoms with E-state index in [1.54, 1.807) is 6.20 Å². The Morgan fingerprint density at radius 1 is 1.11 bits per heavy atom. The topological polar surface area (TPSA) is 111 Å². The summed E-state index contributed by atoms with van der Waals surface area (Å²) in [6, 6.07) is 7.73. The molecular formula is C24H30N3NaO6S. The molecule has 0 bridgehead atoms. The first-order valence-corrected chi connectivity index (χ1v) is 12.6. The number of fused-ring (bicyclic) bond motifs is 1. The molecule has 2 fully saturated rings. The normalized spacial score (nSPS) is 19.5. The summed E-state index contributed by atoms with van der Waals surface area (Å²) in [6.07, 6.45) is 2.20. The van der Waals surface area contributed by atoms with Gasteiger partial charge in [0.2, 0.25) is 5.79 Å². The van der Waals surface area contributed by atoms with Crippen LogP contribution < -0.4 is 4.74 Å². The van der Waals surface area contributed by atoms with E-state index in [0.29, 0.717) is 56.1 Å². The van der Waals surface area contributed by atoms with Crippen LogP contribution in [0.2, 0.25) is 0 Å². The zero-order chi connectivity index (χ0) is 23.8. The van der Waals surface area contributed by atoms with Crippen LogP contribution in [0.15, 0.2) is 35.6 Å². The molecule has 1 aromatic carbocycles. The van der Waals surface area contributed by atoms with E-state index in [9.17, 15) is 4.55 Å². The SMILES string of the molecule is Cc1ccc2[nH]c([S+]([O-])Cc3nccc(OCCC4(C)OCC5(CO4)OCCO5)c3C)nc2c1.[NaH]. The summed E-state index contributed by atoms with van der Waals surface area (Å²) in [5.41, 5.74) is 4.35. The number of aryl methyl sites for hydroxylation is 1. The maximum atomic E-state index is 13.0. The molecule has 0 amide bonds. The van der Waals surface area contributed by atoms with Crippen molar-refractivity contribution in [2.24, 2.45) is 0 Å². The third-order valence-corrected chi connectivity index (χ3v) is 7.34. The monoisotopic (exact) mass is 511 g/mol. The Balaban J connectivity index is 0.00000289. The van der Waals surface area contributed by atoms with Crippen LogP contribution >= 0.6 is 0 Å². The number of imidazole rings is 1. The molecule has 0 aliphatic carbocycles. The Kier molecular flexibility index (Phi) is 8.47. The predicted octanol–water partition coefficient (Wildman–Crippen LogP) is 2.51. The average Bonchev–Trinajstić information content (AvgIpc) is 3.46. The number of nitrogens with one attached hydrogen (secondary N) is 1. The maximum absolute atomic E-state index is 13.0. The zero-order valence-corrected chi connectivity index (χ0v) is 20.4.